The summed E-state index contributed by atoms with van der Waals surface area (Å²) in [6, 6.07) is 15.4. The molecule has 2 aromatic rings. The van der Waals surface area contributed by atoms with Gasteiger partial charge < -0.3 is 5.32 Å². The van der Waals surface area contributed by atoms with Gasteiger partial charge >= 0.3 is 0 Å². The van der Waals surface area contributed by atoms with Crippen molar-refractivity contribution in [3.8, 4) is 0 Å². The summed E-state index contributed by atoms with van der Waals surface area (Å²) >= 11 is 5.44. The highest BCUT2D eigenvalue weighted by Gasteiger charge is 2.14. The second kappa shape index (κ2) is 5.47. The van der Waals surface area contributed by atoms with Crippen molar-refractivity contribution < 1.29 is 9.59 Å². The molecule has 0 saturated heterocycles. The van der Waals surface area contributed by atoms with Gasteiger partial charge in [0, 0.05) is 11.3 Å². The van der Waals surface area contributed by atoms with Gasteiger partial charge in [-0.2, -0.15) is 0 Å². The zero-order chi connectivity index (χ0) is 13.0. The van der Waals surface area contributed by atoms with Crippen molar-refractivity contribution in [2.24, 2.45) is 0 Å². The lowest BCUT2D eigenvalue weighted by atomic mass is 10.1. The van der Waals surface area contributed by atoms with Gasteiger partial charge in [0.05, 0.1) is 5.56 Å². The normalized spacial score (nSPS) is 9.83. The van der Waals surface area contributed by atoms with E-state index in [4.69, 9.17) is 11.6 Å². The van der Waals surface area contributed by atoms with Crippen LogP contribution in [0.5, 0.6) is 0 Å². The number of rotatable bonds is 3. The Balaban J connectivity index is 2.27. The molecule has 0 bridgehead atoms. The third-order valence-corrected chi connectivity index (χ3v) is 2.62. The van der Waals surface area contributed by atoms with Gasteiger partial charge in [-0.05, 0) is 35.9 Å². The molecule has 0 atom stereocenters. The number of carbonyl (C=O) groups excluding carboxylic acids is 2. The molecule has 4 heteroatoms. The van der Waals surface area contributed by atoms with E-state index in [1.54, 1.807) is 30.3 Å². The largest absolute Gasteiger partial charge is 0.322 e. The fraction of sp³-hybridized carbons (Fsp3) is 0. The third kappa shape index (κ3) is 2.76. The van der Waals surface area contributed by atoms with E-state index < -0.39 is 5.24 Å². The molecule has 0 radical (unpaired) electrons. The summed E-state index contributed by atoms with van der Waals surface area (Å²) in [5.74, 6) is -0.356. The summed E-state index contributed by atoms with van der Waals surface area (Å²) in [5.41, 5.74) is 1.13. The van der Waals surface area contributed by atoms with E-state index in [0.717, 1.165) is 0 Å². The first-order valence-electron chi connectivity index (χ1n) is 5.34. The van der Waals surface area contributed by atoms with Gasteiger partial charge in [-0.1, -0.05) is 30.3 Å². The minimum atomic E-state index is -0.645. The molecule has 90 valence electrons. The maximum atomic E-state index is 12.0. The molecule has 0 spiro atoms. The highest BCUT2D eigenvalue weighted by molar-refractivity contribution is 6.68. The van der Waals surface area contributed by atoms with E-state index in [9.17, 15) is 9.59 Å². The van der Waals surface area contributed by atoms with Crippen molar-refractivity contribution in [1.82, 2.24) is 0 Å². The summed E-state index contributed by atoms with van der Waals surface area (Å²) in [7, 11) is 0. The van der Waals surface area contributed by atoms with Crippen molar-refractivity contribution >= 4 is 28.4 Å². The number of amides is 1. The minimum absolute atomic E-state index is 0.201. The Hall–Kier alpha value is -2.13. The highest BCUT2D eigenvalue weighted by Crippen LogP contribution is 2.14. The number of carbonyl (C=O) groups is 2. The average Bonchev–Trinajstić information content (AvgIpc) is 2.40. The molecule has 0 aliphatic heterocycles. The molecular weight excluding hydrogens is 250 g/mol. The molecule has 0 heterocycles. The molecule has 0 aromatic heterocycles. The van der Waals surface area contributed by atoms with E-state index >= 15 is 0 Å². The zero-order valence-electron chi connectivity index (χ0n) is 9.39. The first-order chi connectivity index (χ1) is 8.68. The Morgan fingerprint density at radius 2 is 1.39 bits per heavy atom. The van der Waals surface area contributed by atoms with Crippen LogP contribution in [0.1, 0.15) is 20.7 Å². The van der Waals surface area contributed by atoms with E-state index in [0.29, 0.717) is 5.69 Å². The van der Waals surface area contributed by atoms with Crippen LogP contribution in [-0.2, 0) is 0 Å². The number of hydrogen-bond acceptors (Lipinski definition) is 2. The Kier molecular flexibility index (Phi) is 3.75. The number of para-hydroxylation sites is 1. The first kappa shape index (κ1) is 12.3. The van der Waals surface area contributed by atoms with Crippen LogP contribution in [0, 0.1) is 0 Å². The molecule has 0 aliphatic rings. The van der Waals surface area contributed by atoms with Crippen LogP contribution < -0.4 is 5.32 Å². The van der Waals surface area contributed by atoms with Gasteiger partial charge in [0.15, 0.2) is 0 Å². The van der Waals surface area contributed by atoms with Gasteiger partial charge in [0.2, 0.25) is 0 Å². The molecule has 1 amide bonds. The van der Waals surface area contributed by atoms with Gasteiger partial charge in [-0.25, -0.2) is 0 Å². The number of hydrogen-bond donors (Lipinski definition) is 1. The van der Waals surface area contributed by atoms with Crippen LogP contribution in [0.3, 0.4) is 0 Å². The highest BCUT2D eigenvalue weighted by atomic mass is 35.5. The average molecular weight is 260 g/mol. The van der Waals surface area contributed by atoms with Crippen molar-refractivity contribution in [3.05, 3.63) is 65.7 Å². The fourth-order valence-electron chi connectivity index (χ4n) is 1.57. The summed E-state index contributed by atoms with van der Waals surface area (Å²) < 4.78 is 0. The minimum Gasteiger partial charge on any atom is -0.322 e. The monoisotopic (exact) mass is 259 g/mol. The number of anilines is 1. The molecule has 3 nitrogen and oxygen atoms in total. The third-order valence-electron chi connectivity index (χ3n) is 2.42. The number of halogens is 1. The lowest BCUT2D eigenvalue weighted by molar-refractivity contribution is 0.101. The van der Waals surface area contributed by atoms with E-state index in [1.165, 1.54) is 6.07 Å². The zero-order valence-corrected chi connectivity index (χ0v) is 10.1. The molecule has 1 N–H and O–H groups in total. The maximum absolute atomic E-state index is 12.0. The van der Waals surface area contributed by atoms with Crippen LogP contribution in [0.25, 0.3) is 0 Å². The number of nitrogens with one attached hydrogen (secondary N) is 1. The second-order valence-corrected chi connectivity index (χ2v) is 3.98. The molecule has 18 heavy (non-hydrogen) atoms. The van der Waals surface area contributed by atoms with Gasteiger partial charge in [-0.3, -0.25) is 9.59 Å². The van der Waals surface area contributed by atoms with Crippen LogP contribution >= 0.6 is 11.6 Å². The fourth-order valence-corrected chi connectivity index (χ4v) is 1.74. The second-order valence-electron chi connectivity index (χ2n) is 3.64. The lowest BCUT2D eigenvalue weighted by Crippen LogP contribution is -2.15. The molecular formula is C14H10ClNO2. The number of benzene rings is 2. The van der Waals surface area contributed by atoms with Crippen molar-refractivity contribution in [2.75, 3.05) is 5.32 Å². The molecule has 0 aliphatic carbocycles. The summed E-state index contributed by atoms with van der Waals surface area (Å²) in [6.07, 6.45) is 0. The Bertz CT molecular complexity index is 581. The van der Waals surface area contributed by atoms with Crippen LogP contribution in [0.2, 0.25) is 0 Å². The van der Waals surface area contributed by atoms with E-state index in [-0.39, 0.29) is 17.0 Å². The topological polar surface area (TPSA) is 46.2 Å². The molecule has 0 unspecified atom stereocenters. The standard InChI is InChI=1S/C14H10ClNO2/c15-13(17)11-8-4-5-9-12(11)14(18)16-10-6-2-1-3-7-10/h1-9H,(H,16,18). The maximum Gasteiger partial charge on any atom is 0.256 e. The Labute approximate surface area is 109 Å². The van der Waals surface area contributed by atoms with Crippen molar-refractivity contribution in [3.63, 3.8) is 0 Å². The Morgan fingerprint density at radius 1 is 0.833 bits per heavy atom. The lowest BCUT2D eigenvalue weighted by Gasteiger charge is -2.07. The molecule has 0 fully saturated rings. The van der Waals surface area contributed by atoms with Crippen molar-refractivity contribution in [2.45, 2.75) is 0 Å². The van der Waals surface area contributed by atoms with Gasteiger partial charge in [0.1, 0.15) is 0 Å². The molecule has 0 saturated carbocycles. The summed E-state index contributed by atoms with van der Waals surface area (Å²) in [6.45, 7) is 0. The smallest absolute Gasteiger partial charge is 0.256 e. The first-order valence-corrected chi connectivity index (χ1v) is 5.71. The quantitative estimate of drug-likeness (QED) is 0.860. The van der Waals surface area contributed by atoms with Crippen LogP contribution in [-0.4, -0.2) is 11.1 Å². The van der Waals surface area contributed by atoms with Crippen LogP contribution in [0.4, 0.5) is 5.69 Å². The summed E-state index contributed by atoms with van der Waals surface area (Å²) in [4.78, 5) is 23.2. The SMILES string of the molecule is O=C(Cl)c1ccccc1C(=O)Nc1ccccc1. The van der Waals surface area contributed by atoms with Gasteiger partial charge in [-0.15, -0.1) is 0 Å². The predicted octanol–water partition coefficient (Wildman–Crippen LogP) is 3.32. The molecule has 2 aromatic carbocycles. The molecule has 2 rings (SSSR count). The Morgan fingerprint density at radius 3 is 2.00 bits per heavy atom. The van der Waals surface area contributed by atoms with E-state index in [1.807, 2.05) is 18.2 Å². The van der Waals surface area contributed by atoms with Crippen molar-refractivity contribution in [1.29, 1.82) is 0 Å². The predicted molar refractivity (Wildman–Crippen MR) is 71.0 cm³/mol. The van der Waals surface area contributed by atoms with Crippen LogP contribution in [0.15, 0.2) is 54.6 Å². The summed E-state index contributed by atoms with van der Waals surface area (Å²) in [5, 5.41) is 2.06. The van der Waals surface area contributed by atoms with Gasteiger partial charge in [0.25, 0.3) is 11.1 Å². The van der Waals surface area contributed by atoms with E-state index in [2.05, 4.69) is 5.32 Å².